The van der Waals surface area contributed by atoms with Crippen molar-refractivity contribution < 1.29 is 4.79 Å². The summed E-state index contributed by atoms with van der Waals surface area (Å²) in [5.41, 5.74) is 10.0. The summed E-state index contributed by atoms with van der Waals surface area (Å²) in [4.78, 5) is 13.7. The highest BCUT2D eigenvalue weighted by Crippen LogP contribution is 2.33. The Hall–Kier alpha value is -1.35. The van der Waals surface area contributed by atoms with Crippen LogP contribution in [0.15, 0.2) is 18.2 Å². The fourth-order valence-electron chi connectivity index (χ4n) is 2.51. The number of hydrogen-bond acceptors (Lipinski definition) is 2. The normalized spacial score (nSPS) is 16.4. The van der Waals surface area contributed by atoms with Gasteiger partial charge in [0, 0.05) is 25.6 Å². The third kappa shape index (κ3) is 2.81. The third-order valence-corrected chi connectivity index (χ3v) is 3.90. The molecule has 0 fully saturated rings. The molecular weight excluding hydrogens is 236 g/mol. The van der Waals surface area contributed by atoms with Crippen molar-refractivity contribution in [3.8, 4) is 0 Å². The van der Waals surface area contributed by atoms with Gasteiger partial charge in [-0.3, -0.25) is 4.79 Å². The first-order valence-electron chi connectivity index (χ1n) is 6.98. The minimum absolute atomic E-state index is 0.0220. The predicted molar refractivity (Wildman–Crippen MR) is 77.4 cm³/mol. The molecule has 0 spiro atoms. The third-order valence-electron chi connectivity index (χ3n) is 3.90. The number of rotatable bonds is 2. The molecule has 0 bridgehead atoms. The molecule has 1 atom stereocenters. The van der Waals surface area contributed by atoms with Crippen molar-refractivity contribution in [1.82, 2.24) is 4.90 Å². The van der Waals surface area contributed by atoms with E-state index in [4.69, 9.17) is 5.73 Å². The fraction of sp³-hybridized carbons (Fsp3) is 0.562. The maximum Gasteiger partial charge on any atom is 0.222 e. The van der Waals surface area contributed by atoms with Crippen molar-refractivity contribution >= 4 is 5.91 Å². The highest BCUT2D eigenvalue weighted by molar-refractivity contribution is 5.76. The van der Waals surface area contributed by atoms with Crippen LogP contribution in [0.1, 0.15) is 56.8 Å². The molecule has 1 aliphatic heterocycles. The topological polar surface area (TPSA) is 46.3 Å². The van der Waals surface area contributed by atoms with Crippen LogP contribution in [0, 0.1) is 5.41 Å². The van der Waals surface area contributed by atoms with E-state index >= 15 is 0 Å². The van der Waals surface area contributed by atoms with Crippen LogP contribution in [0.4, 0.5) is 0 Å². The Morgan fingerprint density at radius 1 is 1.32 bits per heavy atom. The Labute approximate surface area is 115 Å². The Balaban J connectivity index is 2.22. The molecule has 0 saturated carbocycles. The molecule has 1 heterocycles. The zero-order valence-electron chi connectivity index (χ0n) is 12.4. The summed E-state index contributed by atoms with van der Waals surface area (Å²) in [6.45, 7) is 9.83. The molecule has 104 valence electrons. The van der Waals surface area contributed by atoms with E-state index < -0.39 is 0 Å². The number of nitrogens with two attached hydrogens (primary N) is 1. The molecule has 1 aliphatic rings. The molecule has 19 heavy (non-hydrogen) atoms. The van der Waals surface area contributed by atoms with E-state index in [2.05, 4.69) is 39.0 Å². The number of hydrogen-bond donors (Lipinski definition) is 1. The maximum absolute atomic E-state index is 11.8. The van der Waals surface area contributed by atoms with Crippen LogP contribution in [0.2, 0.25) is 0 Å². The van der Waals surface area contributed by atoms with Crippen LogP contribution in [-0.4, -0.2) is 10.8 Å². The molecule has 1 aromatic rings. The summed E-state index contributed by atoms with van der Waals surface area (Å²) >= 11 is 0. The quantitative estimate of drug-likeness (QED) is 0.888. The van der Waals surface area contributed by atoms with Gasteiger partial charge in [0.2, 0.25) is 5.91 Å². The molecule has 0 aromatic heterocycles. The second-order valence-electron chi connectivity index (χ2n) is 6.48. The van der Waals surface area contributed by atoms with Crippen LogP contribution in [0.25, 0.3) is 0 Å². The first kappa shape index (κ1) is 14.1. The number of nitrogens with zero attached hydrogens (tertiary/aromatic N) is 1. The van der Waals surface area contributed by atoms with Crippen molar-refractivity contribution in [2.75, 3.05) is 0 Å². The van der Waals surface area contributed by atoms with Crippen molar-refractivity contribution in [2.45, 2.75) is 53.2 Å². The van der Waals surface area contributed by atoms with Crippen LogP contribution in [0.5, 0.6) is 0 Å². The van der Waals surface area contributed by atoms with Crippen LogP contribution < -0.4 is 5.73 Å². The molecule has 0 saturated heterocycles. The van der Waals surface area contributed by atoms with Gasteiger partial charge in [0.1, 0.15) is 0 Å². The van der Waals surface area contributed by atoms with E-state index in [1.54, 1.807) is 0 Å². The summed E-state index contributed by atoms with van der Waals surface area (Å²) in [6.07, 6.45) is 0.572. The number of carbonyl (C=O) groups excluding carboxylic acids is 1. The average molecular weight is 260 g/mol. The summed E-state index contributed by atoms with van der Waals surface area (Å²) in [5, 5.41) is 0. The second kappa shape index (κ2) is 4.97. The Bertz CT molecular complexity index is 488. The Morgan fingerprint density at radius 3 is 2.53 bits per heavy atom. The molecule has 1 aromatic carbocycles. The molecule has 3 nitrogen and oxygen atoms in total. The Kier molecular flexibility index (Phi) is 3.68. The number of fused-ring (bicyclic) bond motifs is 1. The van der Waals surface area contributed by atoms with Crippen molar-refractivity contribution in [3.63, 3.8) is 0 Å². The number of benzene rings is 1. The summed E-state index contributed by atoms with van der Waals surface area (Å²) in [5.74, 6) is 0.220. The van der Waals surface area contributed by atoms with Gasteiger partial charge in [0.25, 0.3) is 0 Å². The minimum atomic E-state index is 0.0220. The van der Waals surface area contributed by atoms with Gasteiger partial charge in [0.15, 0.2) is 0 Å². The lowest BCUT2D eigenvalue weighted by Crippen LogP contribution is -2.26. The standard InChI is InChI=1S/C16H24N2O/c1-5-14(19)18-9-12-7-6-11(8-13(12)10-18)15(17)16(2,3)4/h6-8,15H,5,9-10,17H2,1-4H3. The highest BCUT2D eigenvalue weighted by atomic mass is 16.2. The van der Waals surface area contributed by atoms with Gasteiger partial charge in [-0.25, -0.2) is 0 Å². The van der Waals surface area contributed by atoms with Gasteiger partial charge >= 0.3 is 0 Å². The predicted octanol–water partition coefficient (Wildman–Crippen LogP) is 2.98. The Morgan fingerprint density at radius 2 is 1.95 bits per heavy atom. The number of amides is 1. The van der Waals surface area contributed by atoms with Crippen molar-refractivity contribution in [1.29, 1.82) is 0 Å². The van der Waals surface area contributed by atoms with E-state index in [0.717, 1.165) is 18.7 Å². The van der Waals surface area contributed by atoms with E-state index in [-0.39, 0.29) is 17.4 Å². The smallest absolute Gasteiger partial charge is 0.222 e. The average Bonchev–Trinajstić information content (AvgIpc) is 2.78. The van der Waals surface area contributed by atoms with Gasteiger partial charge in [-0.05, 0) is 22.1 Å². The summed E-state index contributed by atoms with van der Waals surface area (Å²) in [6, 6.07) is 6.43. The van der Waals surface area contributed by atoms with Gasteiger partial charge in [-0.15, -0.1) is 0 Å². The lowest BCUT2D eigenvalue weighted by atomic mass is 9.82. The van der Waals surface area contributed by atoms with Gasteiger partial charge in [0.05, 0.1) is 0 Å². The lowest BCUT2D eigenvalue weighted by Gasteiger charge is -2.27. The van der Waals surface area contributed by atoms with Gasteiger partial charge in [-0.1, -0.05) is 45.9 Å². The zero-order valence-corrected chi connectivity index (χ0v) is 12.4. The zero-order chi connectivity index (χ0) is 14.2. The highest BCUT2D eigenvalue weighted by Gasteiger charge is 2.26. The fourth-order valence-corrected chi connectivity index (χ4v) is 2.51. The summed E-state index contributed by atoms with van der Waals surface area (Å²) < 4.78 is 0. The SMILES string of the molecule is CCC(=O)N1Cc2ccc(C(N)C(C)(C)C)cc2C1. The summed E-state index contributed by atoms with van der Waals surface area (Å²) in [7, 11) is 0. The van der Waals surface area contributed by atoms with E-state index in [9.17, 15) is 4.79 Å². The lowest BCUT2D eigenvalue weighted by molar-refractivity contribution is -0.131. The van der Waals surface area contributed by atoms with Crippen LogP contribution in [-0.2, 0) is 17.9 Å². The maximum atomic E-state index is 11.8. The molecule has 3 heteroatoms. The molecule has 0 aliphatic carbocycles. The number of carbonyl (C=O) groups is 1. The van der Waals surface area contributed by atoms with E-state index in [1.807, 2.05) is 11.8 Å². The first-order chi connectivity index (χ1) is 8.82. The molecule has 0 radical (unpaired) electrons. The molecule has 2 rings (SSSR count). The monoisotopic (exact) mass is 260 g/mol. The molecule has 2 N–H and O–H groups in total. The van der Waals surface area contributed by atoms with E-state index in [0.29, 0.717) is 6.42 Å². The van der Waals surface area contributed by atoms with Gasteiger partial charge < -0.3 is 10.6 Å². The van der Waals surface area contributed by atoms with Crippen molar-refractivity contribution in [3.05, 3.63) is 34.9 Å². The second-order valence-corrected chi connectivity index (χ2v) is 6.48. The van der Waals surface area contributed by atoms with Gasteiger partial charge in [-0.2, -0.15) is 0 Å². The minimum Gasteiger partial charge on any atom is -0.334 e. The molecule has 1 unspecified atom stereocenters. The van der Waals surface area contributed by atoms with Crippen LogP contribution in [0.3, 0.4) is 0 Å². The molecular formula is C16H24N2O. The first-order valence-corrected chi connectivity index (χ1v) is 6.98. The van der Waals surface area contributed by atoms with Crippen LogP contribution >= 0.6 is 0 Å². The molecule has 1 amide bonds. The van der Waals surface area contributed by atoms with Crippen molar-refractivity contribution in [2.24, 2.45) is 11.1 Å². The van der Waals surface area contributed by atoms with E-state index in [1.165, 1.54) is 11.1 Å². The largest absolute Gasteiger partial charge is 0.334 e.